The number of aromatic nitrogens is 3. The Hall–Kier alpha value is -6.62. The van der Waals surface area contributed by atoms with E-state index in [1.165, 1.54) is 75.8 Å². The normalized spacial score (nSPS) is 15.5. The quantitative estimate of drug-likeness (QED) is 0.181. The number of rotatable bonds is 2. The minimum Gasteiger partial charge on any atom is -0.294 e. The molecule has 2 aliphatic rings. The number of hydrogen-bond donors (Lipinski definition) is 0. The summed E-state index contributed by atoms with van der Waals surface area (Å²) in [5, 5.41) is 4.94. The van der Waals surface area contributed by atoms with Crippen molar-refractivity contribution in [1.29, 1.82) is 0 Å². The van der Waals surface area contributed by atoms with E-state index in [0.717, 1.165) is 27.6 Å². The van der Waals surface area contributed by atoms with Crippen LogP contribution in [0, 0.1) is 0 Å². The fourth-order valence-electron chi connectivity index (χ4n) is 9.37. The maximum absolute atomic E-state index is 4.72. The molecule has 53 heavy (non-hydrogen) atoms. The van der Waals surface area contributed by atoms with Crippen molar-refractivity contribution >= 4 is 65.5 Å². The third-order valence-electron chi connectivity index (χ3n) is 11.6. The van der Waals surface area contributed by atoms with E-state index in [1.807, 2.05) is 42.1 Å². The molecule has 0 saturated heterocycles. The van der Waals surface area contributed by atoms with E-state index in [-0.39, 0.29) is 0 Å². The Kier molecular flexibility index (Phi) is 5.86. The molecule has 3 nitrogen and oxygen atoms in total. The van der Waals surface area contributed by atoms with Crippen molar-refractivity contribution < 1.29 is 0 Å². The van der Waals surface area contributed by atoms with Gasteiger partial charge in [-0.2, -0.15) is 0 Å². The molecule has 0 N–H and O–H groups in total. The lowest BCUT2D eigenvalue weighted by Gasteiger charge is -2.35. The molecular weight excluding hydrogens is 663 g/mol. The lowest BCUT2D eigenvalue weighted by molar-refractivity contribution is 0.768. The summed E-state index contributed by atoms with van der Waals surface area (Å²) in [6, 6.07) is 54.0. The molecule has 12 rings (SSSR count). The summed E-state index contributed by atoms with van der Waals surface area (Å²) < 4.78 is 4.90. The van der Waals surface area contributed by atoms with Gasteiger partial charge in [-0.25, -0.2) is 4.98 Å². The Morgan fingerprint density at radius 3 is 2.17 bits per heavy atom. The largest absolute Gasteiger partial charge is 0.294 e. The molecule has 1 unspecified atom stereocenters. The van der Waals surface area contributed by atoms with Crippen molar-refractivity contribution in [2.75, 3.05) is 0 Å². The van der Waals surface area contributed by atoms with Crippen molar-refractivity contribution in [3.05, 3.63) is 198 Å². The van der Waals surface area contributed by atoms with Crippen LogP contribution in [-0.2, 0) is 5.41 Å². The lowest BCUT2D eigenvalue weighted by atomic mass is 9.65. The lowest BCUT2D eigenvalue weighted by Crippen LogP contribution is -2.30. The van der Waals surface area contributed by atoms with Gasteiger partial charge in [0.05, 0.1) is 16.4 Å². The zero-order valence-corrected chi connectivity index (χ0v) is 29.3. The molecule has 1 spiro atoms. The molecule has 4 heterocycles. The molecular formula is C49H29N3S. The van der Waals surface area contributed by atoms with Crippen LogP contribution in [0.25, 0.3) is 82.2 Å². The van der Waals surface area contributed by atoms with Gasteiger partial charge in [0.15, 0.2) is 0 Å². The minimum atomic E-state index is -0.509. The molecule has 1 atom stereocenters. The Morgan fingerprint density at radius 2 is 1.25 bits per heavy atom. The van der Waals surface area contributed by atoms with Crippen molar-refractivity contribution in [3.8, 4) is 28.1 Å². The van der Waals surface area contributed by atoms with Crippen LogP contribution >= 0.6 is 11.3 Å². The highest BCUT2D eigenvalue weighted by atomic mass is 32.1. The van der Waals surface area contributed by atoms with Gasteiger partial charge < -0.3 is 0 Å². The summed E-state index contributed by atoms with van der Waals surface area (Å²) in [5.74, 6) is 0.898. The molecule has 4 aromatic heterocycles. The summed E-state index contributed by atoms with van der Waals surface area (Å²) in [5.41, 5.74) is 14.5. The van der Waals surface area contributed by atoms with Crippen LogP contribution in [0.15, 0.2) is 164 Å². The first-order chi connectivity index (χ1) is 26.3. The molecule has 246 valence electrons. The smallest absolute Gasteiger partial charge is 0.137 e. The SMILES string of the molecule is C1=Cc2ccc(-c3ccc4c(c3)c3cnccc3n4-c3ccccn3)cc2C2(c3ccccc31)c1ccccc1-c1cc3c(cc12)sc1ccccc13. The van der Waals surface area contributed by atoms with Crippen LogP contribution in [0.2, 0.25) is 0 Å². The van der Waals surface area contributed by atoms with E-state index in [9.17, 15) is 0 Å². The molecule has 10 aromatic rings. The first-order valence-corrected chi connectivity index (χ1v) is 18.9. The predicted octanol–water partition coefficient (Wildman–Crippen LogP) is 12.5. The molecule has 2 aliphatic carbocycles. The predicted molar refractivity (Wildman–Crippen MR) is 221 cm³/mol. The van der Waals surface area contributed by atoms with Crippen LogP contribution in [0.4, 0.5) is 0 Å². The van der Waals surface area contributed by atoms with Gasteiger partial charge in [-0.05, 0) is 110 Å². The highest BCUT2D eigenvalue weighted by molar-refractivity contribution is 7.25. The number of thiophene rings is 1. The van der Waals surface area contributed by atoms with Crippen molar-refractivity contribution in [2.45, 2.75) is 5.41 Å². The van der Waals surface area contributed by atoms with Gasteiger partial charge in [0.25, 0.3) is 0 Å². The summed E-state index contributed by atoms with van der Waals surface area (Å²) in [4.78, 5) is 9.27. The average Bonchev–Trinajstić information content (AvgIpc) is 3.81. The minimum absolute atomic E-state index is 0.509. The standard InChI is InChI=1S/C49H29N3S/c1-4-12-40-30(9-1)16-17-31-18-19-33(32-20-21-44-37(25-32)39-29-50-24-22-45(39)52(44)48-15-7-8-23-51-48)26-42(31)49(40)41-13-5-2-10-34(41)36-27-38-35-11-3-6-14-46(35)53-47(38)28-43(36)49/h1-29H. The maximum Gasteiger partial charge on any atom is 0.137 e. The monoisotopic (exact) mass is 691 g/mol. The van der Waals surface area contributed by atoms with E-state index in [2.05, 4.69) is 155 Å². The van der Waals surface area contributed by atoms with Crippen molar-refractivity contribution in [2.24, 2.45) is 0 Å². The topological polar surface area (TPSA) is 30.7 Å². The van der Waals surface area contributed by atoms with E-state index < -0.39 is 5.41 Å². The zero-order valence-electron chi connectivity index (χ0n) is 28.5. The summed E-state index contributed by atoms with van der Waals surface area (Å²) in [6.45, 7) is 0. The van der Waals surface area contributed by atoms with Crippen LogP contribution < -0.4 is 0 Å². The van der Waals surface area contributed by atoms with Gasteiger partial charge in [0.2, 0.25) is 0 Å². The van der Waals surface area contributed by atoms with Gasteiger partial charge in [-0.1, -0.05) is 103 Å². The second kappa shape index (κ2) is 10.7. The third kappa shape index (κ3) is 3.88. The zero-order chi connectivity index (χ0) is 34.7. The highest BCUT2D eigenvalue weighted by Gasteiger charge is 2.48. The molecule has 0 aliphatic heterocycles. The molecule has 6 aromatic carbocycles. The molecule has 0 fully saturated rings. The molecule has 0 saturated carbocycles. The molecule has 0 bridgehead atoms. The van der Waals surface area contributed by atoms with Gasteiger partial charge >= 0.3 is 0 Å². The summed E-state index contributed by atoms with van der Waals surface area (Å²) in [6.07, 6.45) is 10.3. The van der Waals surface area contributed by atoms with E-state index in [1.54, 1.807) is 0 Å². The van der Waals surface area contributed by atoms with Gasteiger partial charge in [-0.3, -0.25) is 9.55 Å². The Labute approximate surface area is 309 Å². The van der Waals surface area contributed by atoms with E-state index in [4.69, 9.17) is 4.98 Å². The molecule has 0 radical (unpaired) electrons. The van der Waals surface area contributed by atoms with Crippen LogP contribution in [-0.4, -0.2) is 14.5 Å². The second-order valence-electron chi connectivity index (χ2n) is 14.2. The van der Waals surface area contributed by atoms with E-state index >= 15 is 0 Å². The first kappa shape index (κ1) is 29.0. The molecule has 4 heteroatoms. The van der Waals surface area contributed by atoms with Gasteiger partial charge in [0.1, 0.15) is 5.82 Å². The average molecular weight is 692 g/mol. The number of hydrogen-bond acceptors (Lipinski definition) is 3. The fraction of sp³-hybridized carbons (Fsp3) is 0.0204. The highest BCUT2D eigenvalue weighted by Crippen LogP contribution is 2.60. The second-order valence-corrected chi connectivity index (χ2v) is 15.2. The third-order valence-corrected chi connectivity index (χ3v) is 12.7. The number of benzene rings is 6. The van der Waals surface area contributed by atoms with E-state index in [0.29, 0.717) is 0 Å². The number of fused-ring (bicyclic) bond motifs is 15. The maximum atomic E-state index is 4.72. The van der Waals surface area contributed by atoms with Crippen molar-refractivity contribution in [1.82, 2.24) is 14.5 Å². The van der Waals surface area contributed by atoms with Crippen molar-refractivity contribution in [3.63, 3.8) is 0 Å². The van der Waals surface area contributed by atoms with Crippen LogP contribution in [0.5, 0.6) is 0 Å². The number of pyridine rings is 2. The first-order valence-electron chi connectivity index (χ1n) is 18.1. The van der Waals surface area contributed by atoms with Gasteiger partial charge in [-0.15, -0.1) is 11.3 Å². The number of nitrogens with zero attached hydrogens (tertiary/aromatic N) is 3. The Morgan fingerprint density at radius 1 is 0.472 bits per heavy atom. The Bertz CT molecular complexity index is 3180. The summed E-state index contributed by atoms with van der Waals surface area (Å²) >= 11 is 1.90. The fourth-order valence-corrected chi connectivity index (χ4v) is 10.5. The Balaban J connectivity index is 1.15. The van der Waals surface area contributed by atoms with Crippen LogP contribution in [0.3, 0.4) is 0 Å². The van der Waals surface area contributed by atoms with Gasteiger partial charge in [0, 0.05) is 49.5 Å². The summed E-state index contributed by atoms with van der Waals surface area (Å²) in [7, 11) is 0. The van der Waals surface area contributed by atoms with Crippen LogP contribution in [0.1, 0.15) is 33.4 Å². The molecule has 0 amide bonds.